The van der Waals surface area contributed by atoms with E-state index in [4.69, 9.17) is 8.83 Å². The van der Waals surface area contributed by atoms with Gasteiger partial charge in [-0.15, -0.1) is 0 Å². The first-order chi connectivity index (χ1) is 13.1. The SMILES string of the molecule is CC[C@H](C)c1ccc2oc(-c3cccc(NC(=O)c4ccco4)c3)nc2c1. The first-order valence-corrected chi connectivity index (χ1v) is 9.00. The van der Waals surface area contributed by atoms with Gasteiger partial charge in [0.1, 0.15) is 5.52 Å². The Labute approximate surface area is 157 Å². The Hall–Kier alpha value is -3.34. The van der Waals surface area contributed by atoms with Crippen LogP contribution in [0.2, 0.25) is 0 Å². The number of hydrogen-bond donors (Lipinski definition) is 1. The zero-order valence-corrected chi connectivity index (χ0v) is 15.2. The smallest absolute Gasteiger partial charge is 0.291 e. The molecule has 4 aromatic rings. The van der Waals surface area contributed by atoms with Crippen molar-refractivity contribution in [2.45, 2.75) is 26.2 Å². The third kappa shape index (κ3) is 3.49. The second kappa shape index (κ2) is 7.11. The zero-order chi connectivity index (χ0) is 18.8. The molecular weight excluding hydrogens is 340 g/mol. The number of furan rings is 1. The van der Waals surface area contributed by atoms with Gasteiger partial charge in [0.15, 0.2) is 11.3 Å². The number of hydrogen-bond acceptors (Lipinski definition) is 4. The van der Waals surface area contributed by atoms with E-state index in [2.05, 4.69) is 36.3 Å². The summed E-state index contributed by atoms with van der Waals surface area (Å²) in [7, 11) is 0. The third-order valence-electron chi connectivity index (χ3n) is 4.71. The highest BCUT2D eigenvalue weighted by molar-refractivity contribution is 6.02. The average molecular weight is 360 g/mol. The minimum atomic E-state index is -0.298. The van der Waals surface area contributed by atoms with E-state index in [0.29, 0.717) is 17.5 Å². The molecule has 2 heterocycles. The van der Waals surface area contributed by atoms with Crippen LogP contribution in [0, 0.1) is 0 Å². The fraction of sp³-hybridized carbons (Fsp3) is 0.182. The van der Waals surface area contributed by atoms with Gasteiger partial charge in [0.25, 0.3) is 5.91 Å². The predicted octanol–water partition coefficient (Wildman–Crippen LogP) is 5.85. The Bertz CT molecular complexity index is 1080. The third-order valence-corrected chi connectivity index (χ3v) is 4.71. The van der Waals surface area contributed by atoms with Gasteiger partial charge in [-0.05, 0) is 60.4 Å². The van der Waals surface area contributed by atoms with Crippen molar-refractivity contribution in [2.75, 3.05) is 5.32 Å². The summed E-state index contributed by atoms with van der Waals surface area (Å²) in [5.74, 6) is 0.975. The average Bonchev–Trinajstić information content (AvgIpc) is 3.36. The van der Waals surface area contributed by atoms with E-state index in [1.807, 2.05) is 30.3 Å². The highest BCUT2D eigenvalue weighted by atomic mass is 16.3. The Morgan fingerprint density at radius 2 is 2.04 bits per heavy atom. The maximum Gasteiger partial charge on any atom is 0.291 e. The molecule has 0 unspecified atom stereocenters. The van der Waals surface area contributed by atoms with E-state index in [1.165, 1.54) is 11.8 Å². The van der Waals surface area contributed by atoms with Crippen molar-refractivity contribution in [1.29, 1.82) is 0 Å². The molecule has 0 aliphatic carbocycles. The highest BCUT2D eigenvalue weighted by Crippen LogP contribution is 2.29. The van der Waals surface area contributed by atoms with Crippen LogP contribution >= 0.6 is 0 Å². The molecule has 1 atom stereocenters. The Morgan fingerprint density at radius 1 is 1.15 bits per heavy atom. The zero-order valence-electron chi connectivity index (χ0n) is 15.2. The maximum atomic E-state index is 12.1. The van der Waals surface area contributed by atoms with E-state index < -0.39 is 0 Å². The summed E-state index contributed by atoms with van der Waals surface area (Å²) >= 11 is 0. The molecule has 0 aliphatic heterocycles. The van der Waals surface area contributed by atoms with E-state index in [1.54, 1.807) is 12.1 Å². The van der Waals surface area contributed by atoms with Crippen LogP contribution in [0.25, 0.3) is 22.6 Å². The molecule has 0 saturated heterocycles. The molecule has 0 fully saturated rings. The summed E-state index contributed by atoms with van der Waals surface area (Å²) in [6, 6.07) is 16.8. The number of oxazole rings is 1. The van der Waals surface area contributed by atoms with Crippen molar-refractivity contribution >= 4 is 22.7 Å². The molecule has 2 aromatic heterocycles. The second-order valence-electron chi connectivity index (χ2n) is 6.57. The normalized spacial score (nSPS) is 12.2. The van der Waals surface area contributed by atoms with Crippen LogP contribution in [0.15, 0.2) is 69.7 Å². The van der Waals surface area contributed by atoms with Crippen molar-refractivity contribution in [2.24, 2.45) is 0 Å². The Morgan fingerprint density at radius 3 is 2.81 bits per heavy atom. The van der Waals surface area contributed by atoms with Crippen molar-refractivity contribution in [3.8, 4) is 11.5 Å². The predicted molar refractivity (Wildman–Crippen MR) is 105 cm³/mol. The van der Waals surface area contributed by atoms with Gasteiger partial charge in [-0.3, -0.25) is 4.79 Å². The number of rotatable bonds is 5. The number of nitrogens with zero attached hydrogens (tertiary/aromatic N) is 1. The number of carbonyl (C=O) groups is 1. The van der Waals surface area contributed by atoms with Gasteiger partial charge in [-0.25, -0.2) is 4.98 Å². The van der Waals surface area contributed by atoms with E-state index in [0.717, 1.165) is 23.1 Å². The lowest BCUT2D eigenvalue weighted by atomic mass is 9.98. The van der Waals surface area contributed by atoms with E-state index in [9.17, 15) is 4.79 Å². The van der Waals surface area contributed by atoms with Crippen LogP contribution in [-0.4, -0.2) is 10.9 Å². The minimum absolute atomic E-state index is 0.264. The number of carbonyl (C=O) groups excluding carboxylic acids is 1. The number of amides is 1. The van der Waals surface area contributed by atoms with Crippen LogP contribution in [0.3, 0.4) is 0 Å². The lowest BCUT2D eigenvalue weighted by Crippen LogP contribution is -2.10. The van der Waals surface area contributed by atoms with Gasteiger partial charge in [-0.1, -0.05) is 26.0 Å². The molecule has 2 aromatic carbocycles. The first-order valence-electron chi connectivity index (χ1n) is 9.00. The van der Waals surface area contributed by atoms with Crippen LogP contribution in [0.4, 0.5) is 5.69 Å². The van der Waals surface area contributed by atoms with Crippen molar-refractivity contribution in [1.82, 2.24) is 4.98 Å². The van der Waals surface area contributed by atoms with E-state index >= 15 is 0 Å². The molecule has 0 bridgehead atoms. The second-order valence-corrected chi connectivity index (χ2v) is 6.57. The fourth-order valence-electron chi connectivity index (χ4n) is 2.94. The molecule has 1 amide bonds. The number of anilines is 1. The van der Waals surface area contributed by atoms with Crippen LogP contribution in [0.1, 0.15) is 42.3 Å². The van der Waals surface area contributed by atoms with Crippen molar-refractivity contribution < 1.29 is 13.6 Å². The number of aromatic nitrogens is 1. The molecular formula is C22H20N2O3. The molecule has 0 aliphatic rings. The lowest BCUT2D eigenvalue weighted by Gasteiger charge is -2.07. The molecule has 0 radical (unpaired) electrons. The summed E-state index contributed by atoms with van der Waals surface area (Å²) in [6.45, 7) is 4.37. The fourth-order valence-corrected chi connectivity index (χ4v) is 2.94. The van der Waals surface area contributed by atoms with Crippen molar-refractivity contribution in [3.05, 3.63) is 72.2 Å². The highest BCUT2D eigenvalue weighted by Gasteiger charge is 2.13. The largest absolute Gasteiger partial charge is 0.459 e. The number of nitrogens with one attached hydrogen (secondary N) is 1. The minimum Gasteiger partial charge on any atom is -0.459 e. The lowest BCUT2D eigenvalue weighted by molar-refractivity contribution is 0.0996. The van der Waals surface area contributed by atoms with Gasteiger partial charge in [0.05, 0.1) is 6.26 Å². The Kier molecular flexibility index (Phi) is 4.50. The molecule has 0 spiro atoms. The maximum absolute atomic E-state index is 12.1. The van der Waals surface area contributed by atoms with Gasteiger partial charge in [0, 0.05) is 11.3 Å². The molecule has 5 nitrogen and oxygen atoms in total. The van der Waals surface area contributed by atoms with Gasteiger partial charge >= 0.3 is 0 Å². The number of benzene rings is 2. The molecule has 136 valence electrons. The molecule has 4 rings (SSSR count). The quantitative estimate of drug-likeness (QED) is 0.484. The topological polar surface area (TPSA) is 68.3 Å². The van der Waals surface area contributed by atoms with Crippen LogP contribution in [-0.2, 0) is 0 Å². The van der Waals surface area contributed by atoms with Gasteiger partial charge in [0.2, 0.25) is 5.89 Å². The van der Waals surface area contributed by atoms with E-state index in [-0.39, 0.29) is 11.7 Å². The van der Waals surface area contributed by atoms with Crippen molar-refractivity contribution in [3.63, 3.8) is 0 Å². The summed E-state index contributed by atoms with van der Waals surface area (Å²) in [5, 5.41) is 2.82. The molecule has 1 N–H and O–H groups in total. The first kappa shape index (κ1) is 17.1. The van der Waals surface area contributed by atoms with Crippen LogP contribution < -0.4 is 5.32 Å². The number of fused-ring (bicyclic) bond motifs is 1. The van der Waals surface area contributed by atoms with Gasteiger partial charge < -0.3 is 14.2 Å². The molecule has 5 heteroatoms. The van der Waals surface area contributed by atoms with Gasteiger partial charge in [-0.2, -0.15) is 0 Å². The monoisotopic (exact) mass is 360 g/mol. The summed E-state index contributed by atoms with van der Waals surface area (Å²) in [6.07, 6.45) is 2.55. The summed E-state index contributed by atoms with van der Waals surface area (Å²) in [5.41, 5.74) is 4.30. The standard InChI is InChI=1S/C22H20N2O3/c1-3-14(2)15-9-10-19-18(13-15)24-22(27-19)16-6-4-7-17(12-16)23-21(25)20-8-5-11-26-20/h4-14H,3H2,1-2H3,(H,23,25)/t14-/m0/s1. The van der Waals surface area contributed by atoms with Crippen LogP contribution in [0.5, 0.6) is 0 Å². The Balaban J connectivity index is 1.62. The summed E-state index contributed by atoms with van der Waals surface area (Å²) in [4.78, 5) is 16.8. The summed E-state index contributed by atoms with van der Waals surface area (Å²) < 4.78 is 11.0. The molecule has 27 heavy (non-hydrogen) atoms. The molecule has 0 saturated carbocycles.